The Morgan fingerprint density at radius 2 is 2.00 bits per heavy atom. The number of hydrogen-bond acceptors (Lipinski definition) is 3. The molecular formula is C14H17FO3. The molecule has 0 aliphatic heterocycles. The lowest BCUT2D eigenvalue weighted by molar-refractivity contribution is -0.151. The first-order valence-corrected chi connectivity index (χ1v) is 5.80. The zero-order chi connectivity index (χ0) is 13.7. The molecule has 0 aliphatic rings. The molecule has 1 atom stereocenters. The normalized spacial score (nSPS) is 12.3. The average Bonchev–Trinajstić information content (AvgIpc) is 2.28. The van der Waals surface area contributed by atoms with E-state index in [0.29, 0.717) is 5.56 Å². The summed E-state index contributed by atoms with van der Waals surface area (Å²) in [5, 5.41) is 0. The molecule has 18 heavy (non-hydrogen) atoms. The molecule has 1 rings (SSSR count). The maximum Gasteiger partial charge on any atom is 0.316 e. The summed E-state index contributed by atoms with van der Waals surface area (Å²) in [5.41, 5.74) is 0.564. The van der Waals surface area contributed by atoms with Crippen LogP contribution in [-0.2, 0) is 20.7 Å². The van der Waals surface area contributed by atoms with Crippen molar-refractivity contribution in [3.63, 3.8) is 0 Å². The second-order valence-corrected chi connectivity index (χ2v) is 4.52. The van der Waals surface area contributed by atoms with E-state index >= 15 is 0 Å². The Bertz CT molecular complexity index is 440. The lowest BCUT2D eigenvalue weighted by Crippen LogP contribution is -2.31. The van der Waals surface area contributed by atoms with Crippen LogP contribution in [0.1, 0.15) is 19.4 Å². The minimum Gasteiger partial charge on any atom is -0.468 e. The molecule has 0 aliphatic carbocycles. The monoisotopic (exact) mass is 252 g/mol. The number of carbonyl (C=O) groups is 2. The molecular weight excluding hydrogens is 235 g/mol. The number of methoxy groups -OCH3 is 1. The fraction of sp³-hybridized carbons (Fsp3) is 0.429. The zero-order valence-electron chi connectivity index (χ0n) is 10.8. The Kier molecular flexibility index (Phi) is 5.01. The molecule has 0 saturated heterocycles. The quantitative estimate of drug-likeness (QED) is 0.597. The molecule has 4 heteroatoms. The van der Waals surface area contributed by atoms with Gasteiger partial charge < -0.3 is 4.74 Å². The van der Waals surface area contributed by atoms with Crippen molar-refractivity contribution < 1.29 is 18.7 Å². The Balaban J connectivity index is 2.82. The molecule has 0 N–H and O–H groups in total. The highest BCUT2D eigenvalue weighted by atomic mass is 19.1. The maximum absolute atomic E-state index is 13.0. The molecule has 0 spiro atoms. The third-order valence-electron chi connectivity index (χ3n) is 2.74. The Labute approximate surface area is 106 Å². The predicted molar refractivity (Wildman–Crippen MR) is 65.5 cm³/mol. The van der Waals surface area contributed by atoms with Crippen molar-refractivity contribution >= 4 is 11.8 Å². The highest BCUT2D eigenvalue weighted by Crippen LogP contribution is 2.17. The van der Waals surface area contributed by atoms with Crippen LogP contribution in [0, 0.1) is 17.7 Å². The first kappa shape index (κ1) is 14.4. The van der Waals surface area contributed by atoms with Gasteiger partial charge in [0.05, 0.1) is 7.11 Å². The second-order valence-electron chi connectivity index (χ2n) is 4.52. The first-order chi connectivity index (χ1) is 8.45. The van der Waals surface area contributed by atoms with Gasteiger partial charge >= 0.3 is 5.97 Å². The van der Waals surface area contributed by atoms with Gasteiger partial charge in [0, 0.05) is 6.42 Å². The van der Waals surface area contributed by atoms with Crippen molar-refractivity contribution in [2.75, 3.05) is 7.11 Å². The fourth-order valence-electron chi connectivity index (χ4n) is 1.86. The van der Waals surface area contributed by atoms with E-state index in [0.717, 1.165) is 0 Å². The van der Waals surface area contributed by atoms with E-state index in [9.17, 15) is 14.0 Å². The van der Waals surface area contributed by atoms with Gasteiger partial charge in [0.25, 0.3) is 0 Å². The number of ether oxygens (including phenoxy) is 1. The predicted octanol–water partition coefficient (Wildman–Crippen LogP) is 2.38. The molecule has 1 aromatic carbocycles. The van der Waals surface area contributed by atoms with Crippen LogP contribution in [0.25, 0.3) is 0 Å². The first-order valence-electron chi connectivity index (χ1n) is 5.80. The van der Waals surface area contributed by atoms with Gasteiger partial charge in [-0.1, -0.05) is 26.0 Å². The molecule has 3 nitrogen and oxygen atoms in total. The van der Waals surface area contributed by atoms with Gasteiger partial charge in [-0.05, 0) is 23.6 Å². The minimum absolute atomic E-state index is 0.0374. The summed E-state index contributed by atoms with van der Waals surface area (Å²) < 4.78 is 17.6. The van der Waals surface area contributed by atoms with E-state index in [-0.39, 0.29) is 23.9 Å². The molecule has 0 aromatic heterocycles. The van der Waals surface area contributed by atoms with E-state index in [4.69, 9.17) is 0 Å². The van der Waals surface area contributed by atoms with Crippen LogP contribution < -0.4 is 0 Å². The van der Waals surface area contributed by atoms with Crippen LogP contribution in [0.2, 0.25) is 0 Å². The molecule has 0 saturated carbocycles. The van der Waals surface area contributed by atoms with E-state index in [1.54, 1.807) is 26.0 Å². The number of hydrogen-bond donors (Lipinski definition) is 0. The van der Waals surface area contributed by atoms with Crippen LogP contribution in [-0.4, -0.2) is 18.9 Å². The summed E-state index contributed by atoms with van der Waals surface area (Å²) in [6, 6.07) is 5.82. The maximum atomic E-state index is 13.0. The minimum atomic E-state index is -0.793. The number of rotatable bonds is 5. The van der Waals surface area contributed by atoms with Gasteiger partial charge in [0.2, 0.25) is 0 Å². The number of esters is 1. The van der Waals surface area contributed by atoms with Crippen LogP contribution >= 0.6 is 0 Å². The Morgan fingerprint density at radius 3 is 2.50 bits per heavy atom. The van der Waals surface area contributed by atoms with Gasteiger partial charge in [-0.15, -0.1) is 0 Å². The Morgan fingerprint density at radius 1 is 1.33 bits per heavy atom. The van der Waals surface area contributed by atoms with Crippen LogP contribution in [0.3, 0.4) is 0 Å². The molecule has 0 radical (unpaired) electrons. The molecule has 1 unspecified atom stereocenters. The third-order valence-corrected chi connectivity index (χ3v) is 2.74. The largest absolute Gasteiger partial charge is 0.468 e. The summed E-state index contributed by atoms with van der Waals surface area (Å²) in [6.45, 7) is 3.57. The summed E-state index contributed by atoms with van der Waals surface area (Å²) in [4.78, 5) is 23.6. The van der Waals surface area contributed by atoms with Crippen molar-refractivity contribution in [3.8, 4) is 0 Å². The number of ketones is 1. The molecule has 0 bridgehead atoms. The summed E-state index contributed by atoms with van der Waals surface area (Å²) in [6.07, 6.45) is 0.0374. The molecule has 0 amide bonds. The molecule has 0 heterocycles. The molecule has 98 valence electrons. The van der Waals surface area contributed by atoms with Crippen molar-refractivity contribution in [1.82, 2.24) is 0 Å². The number of carbonyl (C=O) groups excluding carboxylic acids is 2. The topological polar surface area (TPSA) is 43.4 Å². The second kappa shape index (κ2) is 6.28. The van der Waals surface area contributed by atoms with E-state index in [1.807, 2.05) is 0 Å². The fourth-order valence-corrected chi connectivity index (χ4v) is 1.86. The SMILES string of the molecule is COC(=O)C(C(=O)Cc1cccc(F)c1)C(C)C. The van der Waals surface area contributed by atoms with E-state index < -0.39 is 11.9 Å². The van der Waals surface area contributed by atoms with Crippen LogP contribution in [0.4, 0.5) is 4.39 Å². The lowest BCUT2D eigenvalue weighted by atomic mass is 9.88. The zero-order valence-corrected chi connectivity index (χ0v) is 10.8. The van der Waals surface area contributed by atoms with Gasteiger partial charge in [0.15, 0.2) is 5.78 Å². The van der Waals surface area contributed by atoms with Crippen molar-refractivity contribution in [2.24, 2.45) is 11.8 Å². The summed E-state index contributed by atoms with van der Waals surface area (Å²) >= 11 is 0. The van der Waals surface area contributed by atoms with Crippen LogP contribution in [0.5, 0.6) is 0 Å². The smallest absolute Gasteiger partial charge is 0.316 e. The number of halogens is 1. The van der Waals surface area contributed by atoms with E-state index in [1.165, 1.54) is 19.2 Å². The highest BCUT2D eigenvalue weighted by molar-refractivity contribution is 6.00. The standard InChI is InChI=1S/C14H17FO3/c1-9(2)13(14(17)18-3)12(16)8-10-5-4-6-11(15)7-10/h4-7,9,13H,8H2,1-3H3. The van der Waals surface area contributed by atoms with Gasteiger partial charge in [-0.25, -0.2) is 4.39 Å². The van der Waals surface area contributed by atoms with Crippen molar-refractivity contribution in [2.45, 2.75) is 20.3 Å². The van der Waals surface area contributed by atoms with Crippen molar-refractivity contribution in [3.05, 3.63) is 35.6 Å². The molecule has 1 aromatic rings. The van der Waals surface area contributed by atoms with Crippen LogP contribution in [0.15, 0.2) is 24.3 Å². The summed E-state index contributed by atoms with van der Waals surface area (Å²) in [5.74, 6) is -2.11. The number of Topliss-reactive ketones (excluding diaryl/α,β-unsaturated/α-hetero) is 1. The lowest BCUT2D eigenvalue weighted by Gasteiger charge is -2.16. The van der Waals surface area contributed by atoms with Gasteiger partial charge in [-0.3, -0.25) is 9.59 Å². The van der Waals surface area contributed by atoms with Gasteiger partial charge in [-0.2, -0.15) is 0 Å². The van der Waals surface area contributed by atoms with E-state index in [2.05, 4.69) is 4.74 Å². The third kappa shape index (κ3) is 3.65. The average molecular weight is 252 g/mol. The highest BCUT2D eigenvalue weighted by Gasteiger charge is 2.30. The summed E-state index contributed by atoms with van der Waals surface area (Å²) in [7, 11) is 1.26. The number of benzene rings is 1. The molecule has 0 fully saturated rings. The van der Waals surface area contributed by atoms with Gasteiger partial charge in [0.1, 0.15) is 11.7 Å². The Hall–Kier alpha value is -1.71. The van der Waals surface area contributed by atoms with Crippen molar-refractivity contribution in [1.29, 1.82) is 0 Å².